The molecule has 1 aromatic rings. The first kappa shape index (κ1) is 13.0. The largest absolute Gasteiger partial charge is 0.381 e. The van der Waals surface area contributed by atoms with E-state index in [1.165, 1.54) is 0 Å². The number of pyridine rings is 1. The predicted octanol–water partition coefficient (Wildman–Crippen LogP) is 1.48. The van der Waals surface area contributed by atoms with Gasteiger partial charge in [-0.25, -0.2) is 19.6 Å². The maximum absolute atomic E-state index is 13.4. The number of nitrogens with one attached hydrogen (secondary N) is 2. The Balaban J connectivity index is 1.91. The van der Waals surface area contributed by atoms with Gasteiger partial charge in [0.15, 0.2) is 23.3 Å². The Labute approximate surface area is 104 Å². The molecule has 0 radical (unpaired) electrons. The van der Waals surface area contributed by atoms with Gasteiger partial charge in [-0.1, -0.05) is 0 Å². The Bertz CT molecular complexity index is 410. The van der Waals surface area contributed by atoms with Crippen LogP contribution in [0.5, 0.6) is 0 Å². The van der Waals surface area contributed by atoms with Crippen LogP contribution >= 0.6 is 0 Å². The van der Waals surface area contributed by atoms with Gasteiger partial charge in [-0.3, -0.25) is 0 Å². The highest BCUT2D eigenvalue weighted by Gasteiger charge is 2.16. The molecular weight excluding hydrogens is 242 g/mol. The summed E-state index contributed by atoms with van der Waals surface area (Å²) in [5.41, 5.74) is 2.08. The lowest BCUT2D eigenvalue weighted by atomic mass is 10.1. The highest BCUT2D eigenvalue weighted by Crippen LogP contribution is 2.20. The summed E-state index contributed by atoms with van der Waals surface area (Å²) in [6.07, 6.45) is 1.89. The van der Waals surface area contributed by atoms with Crippen molar-refractivity contribution < 1.29 is 13.5 Å². The Morgan fingerprint density at radius 3 is 2.83 bits per heavy atom. The molecule has 0 aliphatic carbocycles. The zero-order valence-corrected chi connectivity index (χ0v) is 9.88. The number of anilines is 2. The topological polar surface area (TPSA) is 72.2 Å². The van der Waals surface area contributed by atoms with Crippen LogP contribution in [-0.2, 0) is 4.74 Å². The molecule has 0 amide bonds. The summed E-state index contributed by atoms with van der Waals surface area (Å²) in [5, 5.41) is 2.84. The third-order valence-electron chi connectivity index (χ3n) is 2.94. The van der Waals surface area contributed by atoms with E-state index in [-0.39, 0.29) is 11.6 Å². The van der Waals surface area contributed by atoms with Crippen LogP contribution in [-0.4, -0.2) is 24.7 Å². The van der Waals surface area contributed by atoms with Gasteiger partial charge in [0.25, 0.3) is 0 Å². The molecule has 2 heterocycles. The van der Waals surface area contributed by atoms with E-state index in [4.69, 9.17) is 10.6 Å². The number of aromatic nitrogens is 1. The molecule has 0 spiro atoms. The van der Waals surface area contributed by atoms with Crippen LogP contribution in [0.15, 0.2) is 6.07 Å². The zero-order valence-electron chi connectivity index (χ0n) is 9.88. The molecule has 5 nitrogen and oxygen atoms in total. The van der Waals surface area contributed by atoms with E-state index in [9.17, 15) is 8.78 Å². The number of nitrogens with zero attached hydrogens (tertiary/aromatic N) is 1. The van der Waals surface area contributed by atoms with E-state index < -0.39 is 11.6 Å². The maximum atomic E-state index is 13.4. The van der Waals surface area contributed by atoms with Crippen LogP contribution in [0.25, 0.3) is 0 Å². The third-order valence-corrected chi connectivity index (χ3v) is 2.94. The molecule has 1 fully saturated rings. The first-order chi connectivity index (χ1) is 8.70. The number of hydrogen-bond acceptors (Lipinski definition) is 5. The van der Waals surface area contributed by atoms with Crippen LogP contribution < -0.4 is 16.6 Å². The highest BCUT2D eigenvalue weighted by atomic mass is 19.1. The molecule has 1 aromatic heterocycles. The fourth-order valence-corrected chi connectivity index (χ4v) is 1.90. The quantitative estimate of drug-likeness (QED) is 0.551. The van der Waals surface area contributed by atoms with Crippen molar-refractivity contribution in [2.45, 2.75) is 12.8 Å². The number of halogens is 2. The number of nitrogen functional groups attached to an aromatic ring is 1. The summed E-state index contributed by atoms with van der Waals surface area (Å²) in [6, 6.07) is 0.753. The van der Waals surface area contributed by atoms with E-state index in [1.54, 1.807) is 0 Å². The fraction of sp³-hybridized carbons (Fsp3) is 0.545. The average molecular weight is 258 g/mol. The van der Waals surface area contributed by atoms with E-state index in [0.29, 0.717) is 12.5 Å². The average Bonchev–Trinajstić information content (AvgIpc) is 2.85. The van der Waals surface area contributed by atoms with Gasteiger partial charge in [0.05, 0.1) is 0 Å². The minimum absolute atomic E-state index is 0.00302. The lowest BCUT2D eigenvalue weighted by Crippen LogP contribution is -2.15. The smallest absolute Gasteiger partial charge is 0.178 e. The van der Waals surface area contributed by atoms with Crippen molar-refractivity contribution in [1.29, 1.82) is 0 Å². The number of nitrogens with two attached hydrogens (primary N) is 1. The van der Waals surface area contributed by atoms with Crippen molar-refractivity contribution in [2.24, 2.45) is 11.8 Å². The van der Waals surface area contributed by atoms with Gasteiger partial charge in [-0.15, -0.1) is 0 Å². The fourth-order valence-electron chi connectivity index (χ4n) is 1.90. The maximum Gasteiger partial charge on any atom is 0.178 e. The Morgan fingerprint density at radius 2 is 2.17 bits per heavy atom. The Morgan fingerprint density at radius 1 is 1.39 bits per heavy atom. The summed E-state index contributed by atoms with van der Waals surface area (Å²) < 4.78 is 31.8. The normalized spacial score (nSPS) is 18.9. The van der Waals surface area contributed by atoms with E-state index in [2.05, 4.69) is 15.7 Å². The molecule has 0 aromatic carbocycles. The lowest BCUT2D eigenvalue weighted by molar-refractivity contribution is 0.185. The van der Waals surface area contributed by atoms with Gasteiger partial charge in [0.1, 0.15) is 0 Å². The van der Waals surface area contributed by atoms with Crippen molar-refractivity contribution in [1.82, 2.24) is 4.98 Å². The minimum atomic E-state index is -0.815. The number of hydrogen-bond donors (Lipinski definition) is 3. The lowest BCUT2D eigenvalue weighted by Gasteiger charge is -2.11. The number of hydrazine groups is 1. The van der Waals surface area contributed by atoms with Gasteiger partial charge in [0.2, 0.25) is 0 Å². The molecule has 1 atom stereocenters. The highest BCUT2D eigenvalue weighted by molar-refractivity contribution is 5.46. The van der Waals surface area contributed by atoms with E-state index in [0.717, 1.165) is 32.1 Å². The second-order valence-electron chi connectivity index (χ2n) is 4.24. The molecule has 1 aliphatic heterocycles. The summed E-state index contributed by atoms with van der Waals surface area (Å²) in [5.74, 6) is 3.85. The molecule has 7 heteroatoms. The van der Waals surface area contributed by atoms with Crippen molar-refractivity contribution in [2.75, 3.05) is 30.5 Å². The van der Waals surface area contributed by atoms with Gasteiger partial charge >= 0.3 is 0 Å². The van der Waals surface area contributed by atoms with Gasteiger partial charge in [0, 0.05) is 25.8 Å². The van der Waals surface area contributed by atoms with Gasteiger partial charge < -0.3 is 15.5 Å². The monoisotopic (exact) mass is 258 g/mol. The second kappa shape index (κ2) is 5.92. The molecule has 100 valence electrons. The first-order valence-electron chi connectivity index (χ1n) is 5.85. The third kappa shape index (κ3) is 3.05. The van der Waals surface area contributed by atoms with Crippen LogP contribution in [0.4, 0.5) is 20.4 Å². The molecule has 1 saturated heterocycles. The molecule has 2 rings (SSSR count). The molecule has 18 heavy (non-hydrogen) atoms. The molecule has 1 unspecified atom stereocenters. The number of rotatable bonds is 5. The van der Waals surface area contributed by atoms with Crippen LogP contribution in [0.1, 0.15) is 12.8 Å². The molecular formula is C11H16F2N4O. The molecule has 0 saturated carbocycles. The van der Waals surface area contributed by atoms with Crippen molar-refractivity contribution in [3.05, 3.63) is 17.7 Å². The Hall–Kier alpha value is -1.47. The summed E-state index contributed by atoms with van der Waals surface area (Å²) in [7, 11) is 0. The van der Waals surface area contributed by atoms with Crippen LogP contribution in [0.2, 0.25) is 0 Å². The Kier molecular flexibility index (Phi) is 4.27. The number of ether oxygens (including phenoxy) is 1. The standard InChI is InChI=1S/C11H16F2N4O/c12-8-5-9(13)11(17-14)16-10(8)15-3-1-7-2-4-18-6-7/h5,7H,1-4,6,14H2,(H2,15,16,17). The SMILES string of the molecule is NNc1nc(NCCC2CCOC2)c(F)cc1F. The first-order valence-corrected chi connectivity index (χ1v) is 5.85. The summed E-state index contributed by atoms with van der Waals surface area (Å²) >= 11 is 0. The van der Waals surface area contributed by atoms with Crippen molar-refractivity contribution in [3.63, 3.8) is 0 Å². The van der Waals surface area contributed by atoms with Crippen molar-refractivity contribution >= 4 is 11.6 Å². The van der Waals surface area contributed by atoms with E-state index >= 15 is 0 Å². The molecule has 1 aliphatic rings. The molecule has 0 bridgehead atoms. The predicted molar refractivity (Wildman–Crippen MR) is 64.0 cm³/mol. The van der Waals surface area contributed by atoms with Gasteiger partial charge in [-0.05, 0) is 18.8 Å². The van der Waals surface area contributed by atoms with E-state index in [1.807, 2.05) is 0 Å². The molecule has 4 N–H and O–H groups in total. The van der Waals surface area contributed by atoms with Crippen LogP contribution in [0.3, 0.4) is 0 Å². The van der Waals surface area contributed by atoms with Crippen molar-refractivity contribution in [3.8, 4) is 0 Å². The van der Waals surface area contributed by atoms with Crippen LogP contribution in [0, 0.1) is 17.6 Å². The minimum Gasteiger partial charge on any atom is -0.381 e. The summed E-state index contributed by atoms with van der Waals surface area (Å²) in [4.78, 5) is 3.73. The zero-order chi connectivity index (χ0) is 13.0. The second-order valence-corrected chi connectivity index (χ2v) is 4.24. The van der Waals surface area contributed by atoms with Gasteiger partial charge in [-0.2, -0.15) is 0 Å². The summed E-state index contributed by atoms with van der Waals surface area (Å²) in [6.45, 7) is 2.10.